The monoisotopic (exact) mass is 304 g/mol. The van der Waals surface area contributed by atoms with Crippen molar-refractivity contribution in [2.45, 2.75) is 25.9 Å². The third-order valence-electron chi connectivity index (χ3n) is 3.03. The van der Waals surface area contributed by atoms with Crippen LogP contribution in [0.15, 0.2) is 48.5 Å². The van der Waals surface area contributed by atoms with Crippen molar-refractivity contribution in [2.24, 2.45) is 0 Å². The molecule has 0 bridgehead atoms. The summed E-state index contributed by atoms with van der Waals surface area (Å²) in [6.07, 6.45) is -0.198. The molecule has 0 aromatic heterocycles. The molecule has 0 aliphatic carbocycles. The van der Waals surface area contributed by atoms with Crippen LogP contribution in [0.5, 0.6) is 5.75 Å². The number of phenolic OH excluding ortho intramolecular Hbond substituents is 1. The first-order valence-corrected chi connectivity index (χ1v) is 7.10. The molecule has 21 heavy (non-hydrogen) atoms. The van der Waals surface area contributed by atoms with Crippen LogP contribution in [0.2, 0.25) is 5.02 Å². The Balaban J connectivity index is 2.45. The Hall–Kier alpha value is -2.00. The zero-order valence-electron chi connectivity index (χ0n) is 11.9. The quantitative estimate of drug-likeness (QED) is 0.864. The van der Waals surface area contributed by atoms with Gasteiger partial charge in [-0.25, -0.2) is 0 Å². The van der Waals surface area contributed by atoms with Crippen molar-refractivity contribution in [3.63, 3.8) is 0 Å². The topological polar surface area (TPSA) is 46.5 Å². The summed E-state index contributed by atoms with van der Waals surface area (Å²) in [6, 6.07) is 14.1. The fourth-order valence-electron chi connectivity index (χ4n) is 2.11. The van der Waals surface area contributed by atoms with Gasteiger partial charge in [-0.15, -0.1) is 0 Å². The lowest BCUT2D eigenvalue weighted by molar-refractivity contribution is -0.148. The predicted molar refractivity (Wildman–Crippen MR) is 82.6 cm³/mol. The average molecular weight is 305 g/mol. The number of esters is 1. The van der Waals surface area contributed by atoms with Crippen LogP contribution < -0.4 is 0 Å². The first-order valence-electron chi connectivity index (χ1n) is 6.73. The molecule has 3 nitrogen and oxygen atoms in total. The van der Waals surface area contributed by atoms with Gasteiger partial charge in [0.15, 0.2) is 0 Å². The van der Waals surface area contributed by atoms with Crippen LogP contribution in [-0.2, 0) is 9.53 Å². The average Bonchev–Trinajstić information content (AvgIpc) is 2.43. The third-order valence-corrected chi connectivity index (χ3v) is 3.33. The van der Waals surface area contributed by atoms with Gasteiger partial charge in [0, 0.05) is 0 Å². The van der Waals surface area contributed by atoms with Crippen molar-refractivity contribution >= 4 is 17.6 Å². The van der Waals surface area contributed by atoms with Crippen LogP contribution in [0.3, 0.4) is 0 Å². The van der Waals surface area contributed by atoms with E-state index in [-0.39, 0.29) is 22.8 Å². The molecule has 0 aliphatic rings. The second-order valence-corrected chi connectivity index (χ2v) is 5.45. The van der Waals surface area contributed by atoms with E-state index in [9.17, 15) is 9.90 Å². The Kier molecular flexibility index (Phi) is 4.86. The van der Waals surface area contributed by atoms with Gasteiger partial charge in [0.25, 0.3) is 0 Å². The molecule has 2 rings (SSSR count). The molecule has 2 aromatic carbocycles. The zero-order valence-corrected chi connectivity index (χ0v) is 12.7. The molecule has 0 saturated heterocycles. The number of phenols is 1. The Labute approximate surface area is 129 Å². The number of rotatable bonds is 4. The molecule has 0 heterocycles. The van der Waals surface area contributed by atoms with Crippen molar-refractivity contribution in [1.29, 1.82) is 0 Å². The third kappa shape index (κ3) is 3.76. The minimum atomic E-state index is -0.563. The van der Waals surface area contributed by atoms with Gasteiger partial charge in [0.1, 0.15) is 11.7 Å². The normalized spacial score (nSPS) is 12.2. The van der Waals surface area contributed by atoms with Crippen LogP contribution in [-0.4, -0.2) is 17.2 Å². The molecule has 1 unspecified atom stereocenters. The van der Waals surface area contributed by atoms with Gasteiger partial charge in [0.05, 0.1) is 11.1 Å². The number of halogens is 1. The molecule has 0 saturated carbocycles. The van der Waals surface area contributed by atoms with Gasteiger partial charge in [-0.2, -0.15) is 0 Å². The standard InChI is InChI=1S/C17H17ClO3/c1-11(2)21-17(20)16(12-6-4-3-5-7-12)13-8-9-15(19)14(18)10-13/h3-11,16,19H,1-2H3. The molecular weight excluding hydrogens is 288 g/mol. The lowest BCUT2D eigenvalue weighted by atomic mass is 9.91. The van der Waals surface area contributed by atoms with Gasteiger partial charge < -0.3 is 9.84 Å². The summed E-state index contributed by atoms with van der Waals surface area (Å²) in [7, 11) is 0. The summed E-state index contributed by atoms with van der Waals surface area (Å²) < 4.78 is 5.35. The van der Waals surface area contributed by atoms with E-state index in [0.29, 0.717) is 5.56 Å². The lowest BCUT2D eigenvalue weighted by Gasteiger charge is -2.19. The van der Waals surface area contributed by atoms with Crippen LogP contribution >= 0.6 is 11.6 Å². The summed E-state index contributed by atoms with van der Waals surface area (Å²) in [5, 5.41) is 9.75. The van der Waals surface area contributed by atoms with E-state index in [1.807, 2.05) is 44.2 Å². The van der Waals surface area contributed by atoms with Gasteiger partial charge in [0.2, 0.25) is 0 Å². The summed E-state index contributed by atoms with van der Waals surface area (Å²) in [6.45, 7) is 3.62. The van der Waals surface area contributed by atoms with E-state index in [2.05, 4.69) is 0 Å². The first-order chi connectivity index (χ1) is 9.99. The van der Waals surface area contributed by atoms with Crippen molar-refractivity contribution in [1.82, 2.24) is 0 Å². The zero-order chi connectivity index (χ0) is 15.4. The van der Waals surface area contributed by atoms with Gasteiger partial charge in [-0.3, -0.25) is 4.79 Å². The largest absolute Gasteiger partial charge is 0.506 e. The van der Waals surface area contributed by atoms with Crippen LogP contribution in [0, 0.1) is 0 Å². The van der Waals surface area contributed by atoms with Crippen molar-refractivity contribution in [2.75, 3.05) is 0 Å². The van der Waals surface area contributed by atoms with E-state index in [1.54, 1.807) is 12.1 Å². The number of carbonyl (C=O) groups is 1. The van der Waals surface area contributed by atoms with Crippen LogP contribution in [0.25, 0.3) is 0 Å². The number of hydrogen-bond acceptors (Lipinski definition) is 3. The van der Waals surface area contributed by atoms with Crippen LogP contribution in [0.1, 0.15) is 30.9 Å². The molecule has 0 spiro atoms. The Morgan fingerprint density at radius 2 is 1.76 bits per heavy atom. The highest BCUT2D eigenvalue weighted by molar-refractivity contribution is 6.32. The molecule has 0 aliphatic heterocycles. The fraction of sp³-hybridized carbons (Fsp3) is 0.235. The number of aromatic hydroxyl groups is 1. The number of ether oxygens (including phenoxy) is 1. The van der Waals surface area contributed by atoms with Gasteiger partial charge in [-0.1, -0.05) is 48.0 Å². The van der Waals surface area contributed by atoms with Crippen LogP contribution in [0.4, 0.5) is 0 Å². The number of carbonyl (C=O) groups excluding carboxylic acids is 1. The molecule has 110 valence electrons. The molecule has 1 N–H and O–H groups in total. The molecule has 0 fully saturated rings. The van der Waals surface area contributed by atoms with E-state index < -0.39 is 5.92 Å². The van der Waals surface area contributed by atoms with Gasteiger partial charge >= 0.3 is 5.97 Å². The lowest BCUT2D eigenvalue weighted by Crippen LogP contribution is -2.20. The molecule has 0 radical (unpaired) electrons. The van der Waals surface area contributed by atoms with Crippen molar-refractivity contribution in [3.05, 3.63) is 64.7 Å². The summed E-state index contributed by atoms with van der Waals surface area (Å²) >= 11 is 5.95. The minimum Gasteiger partial charge on any atom is -0.506 e. The minimum absolute atomic E-state index is 0.00976. The number of benzene rings is 2. The summed E-state index contributed by atoms with van der Waals surface area (Å²) in [4.78, 5) is 12.4. The number of hydrogen-bond donors (Lipinski definition) is 1. The summed E-state index contributed by atoms with van der Waals surface area (Å²) in [5.74, 6) is -0.908. The molecule has 2 aromatic rings. The fourth-order valence-corrected chi connectivity index (χ4v) is 2.30. The van der Waals surface area contributed by atoms with Gasteiger partial charge in [-0.05, 0) is 37.1 Å². The summed E-state index contributed by atoms with van der Waals surface area (Å²) in [5.41, 5.74) is 1.51. The molecule has 1 atom stereocenters. The van der Waals surface area contributed by atoms with Crippen molar-refractivity contribution < 1.29 is 14.6 Å². The maximum Gasteiger partial charge on any atom is 0.318 e. The highest BCUT2D eigenvalue weighted by atomic mass is 35.5. The Bertz CT molecular complexity index is 623. The SMILES string of the molecule is CC(C)OC(=O)C(c1ccccc1)c1ccc(O)c(Cl)c1. The highest BCUT2D eigenvalue weighted by Gasteiger charge is 2.25. The molecule has 0 amide bonds. The second-order valence-electron chi connectivity index (χ2n) is 5.04. The Morgan fingerprint density at radius 3 is 2.33 bits per heavy atom. The van der Waals surface area contributed by atoms with Crippen molar-refractivity contribution in [3.8, 4) is 5.75 Å². The maximum absolute atomic E-state index is 12.4. The predicted octanol–water partition coefficient (Wildman–Crippen LogP) is 4.13. The second kappa shape index (κ2) is 6.64. The smallest absolute Gasteiger partial charge is 0.318 e. The first kappa shape index (κ1) is 15.4. The Morgan fingerprint density at radius 1 is 1.10 bits per heavy atom. The van der Waals surface area contributed by atoms with E-state index in [0.717, 1.165) is 5.56 Å². The molecule has 4 heteroatoms. The van der Waals surface area contributed by atoms with E-state index >= 15 is 0 Å². The van der Waals surface area contributed by atoms with E-state index in [1.165, 1.54) is 6.07 Å². The molecular formula is C17H17ClO3. The van der Waals surface area contributed by atoms with E-state index in [4.69, 9.17) is 16.3 Å². The highest BCUT2D eigenvalue weighted by Crippen LogP contribution is 2.32. The maximum atomic E-state index is 12.4.